The van der Waals surface area contributed by atoms with Gasteiger partial charge in [0.1, 0.15) is 5.82 Å². The Balaban J connectivity index is 1.48. The average molecular weight is 368 g/mol. The number of likely N-dealkylation sites (tertiary alicyclic amines) is 1. The minimum absolute atomic E-state index is 0.649. The van der Waals surface area contributed by atoms with Gasteiger partial charge in [-0.05, 0) is 44.0 Å². The molecule has 2 aliphatic heterocycles. The van der Waals surface area contributed by atoms with E-state index in [4.69, 9.17) is 14.7 Å². The van der Waals surface area contributed by atoms with Gasteiger partial charge in [-0.25, -0.2) is 9.97 Å². The van der Waals surface area contributed by atoms with E-state index in [2.05, 4.69) is 20.5 Å². The van der Waals surface area contributed by atoms with E-state index < -0.39 is 0 Å². The number of anilines is 1. The maximum absolute atomic E-state index is 5.20. The van der Waals surface area contributed by atoms with Crippen molar-refractivity contribution in [3.63, 3.8) is 0 Å². The van der Waals surface area contributed by atoms with Crippen molar-refractivity contribution >= 4 is 5.82 Å². The molecule has 7 heteroatoms. The SMILES string of the molecule is COCCN1CC[C@H](CNc2nc(-c3cccnc3)nc3c2CCNC3)C1. The second-order valence-electron chi connectivity index (χ2n) is 7.32. The summed E-state index contributed by atoms with van der Waals surface area (Å²) in [5, 5.41) is 7.06. The van der Waals surface area contributed by atoms with Crippen molar-refractivity contribution in [1.29, 1.82) is 0 Å². The molecule has 1 fully saturated rings. The Morgan fingerprint density at radius 1 is 1.37 bits per heavy atom. The van der Waals surface area contributed by atoms with Crippen LogP contribution in [-0.4, -0.2) is 66.3 Å². The predicted molar refractivity (Wildman–Crippen MR) is 106 cm³/mol. The number of fused-ring (bicyclic) bond motifs is 1. The molecule has 7 nitrogen and oxygen atoms in total. The second kappa shape index (κ2) is 8.73. The van der Waals surface area contributed by atoms with Crippen molar-refractivity contribution in [3.8, 4) is 11.4 Å². The molecular formula is C20H28N6O. The maximum atomic E-state index is 5.20. The average Bonchev–Trinajstić information content (AvgIpc) is 3.18. The summed E-state index contributed by atoms with van der Waals surface area (Å²) >= 11 is 0. The second-order valence-corrected chi connectivity index (χ2v) is 7.32. The highest BCUT2D eigenvalue weighted by Crippen LogP contribution is 2.25. The zero-order chi connectivity index (χ0) is 18.5. The largest absolute Gasteiger partial charge is 0.383 e. The summed E-state index contributed by atoms with van der Waals surface area (Å²) < 4.78 is 5.20. The summed E-state index contributed by atoms with van der Waals surface area (Å²) in [5.74, 6) is 2.40. The highest BCUT2D eigenvalue weighted by atomic mass is 16.5. The third-order valence-corrected chi connectivity index (χ3v) is 5.40. The number of methoxy groups -OCH3 is 1. The molecule has 2 aromatic heterocycles. The van der Waals surface area contributed by atoms with Crippen LogP contribution in [0.1, 0.15) is 17.7 Å². The molecule has 0 amide bonds. The monoisotopic (exact) mass is 368 g/mol. The fourth-order valence-corrected chi connectivity index (χ4v) is 3.87. The number of nitrogens with one attached hydrogen (secondary N) is 2. The Labute approximate surface area is 160 Å². The fraction of sp³-hybridized carbons (Fsp3) is 0.550. The number of ether oxygens (including phenoxy) is 1. The number of nitrogens with zero attached hydrogens (tertiary/aromatic N) is 4. The molecular weight excluding hydrogens is 340 g/mol. The van der Waals surface area contributed by atoms with E-state index in [0.717, 1.165) is 75.2 Å². The topological polar surface area (TPSA) is 75.2 Å². The van der Waals surface area contributed by atoms with Crippen LogP contribution in [-0.2, 0) is 17.7 Å². The number of hydrogen-bond acceptors (Lipinski definition) is 7. The molecule has 0 bridgehead atoms. The molecule has 27 heavy (non-hydrogen) atoms. The van der Waals surface area contributed by atoms with E-state index in [1.54, 1.807) is 13.3 Å². The molecule has 0 aliphatic carbocycles. The van der Waals surface area contributed by atoms with E-state index >= 15 is 0 Å². The van der Waals surface area contributed by atoms with Gasteiger partial charge in [-0.3, -0.25) is 4.98 Å². The highest BCUT2D eigenvalue weighted by Gasteiger charge is 2.23. The zero-order valence-corrected chi connectivity index (χ0v) is 15.9. The van der Waals surface area contributed by atoms with Gasteiger partial charge in [0.25, 0.3) is 0 Å². The van der Waals surface area contributed by atoms with Crippen LogP contribution in [0.15, 0.2) is 24.5 Å². The number of aromatic nitrogens is 3. The summed E-state index contributed by atoms with van der Waals surface area (Å²) in [5.41, 5.74) is 3.32. The van der Waals surface area contributed by atoms with Crippen LogP contribution >= 0.6 is 0 Å². The van der Waals surface area contributed by atoms with E-state index in [9.17, 15) is 0 Å². The molecule has 0 radical (unpaired) electrons. The standard InChI is InChI=1S/C20H28N6O/c1-27-10-9-26-8-5-15(14-26)11-23-20-17-4-7-22-13-18(17)24-19(25-20)16-3-2-6-21-12-16/h2-3,6,12,15,22H,4-5,7-11,13-14H2,1H3,(H,23,24,25)/t15-/m1/s1. The molecule has 2 aliphatic rings. The molecule has 0 aromatic carbocycles. The highest BCUT2D eigenvalue weighted by molar-refractivity contribution is 5.59. The number of hydrogen-bond donors (Lipinski definition) is 2. The lowest BCUT2D eigenvalue weighted by Gasteiger charge is -2.22. The van der Waals surface area contributed by atoms with Crippen molar-refractivity contribution in [1.82, 2.24) is 25.2 Å². The van der Waals surface area contributed by atoms with Crippen molar-refractivity contribution in [2.24, 2.45) is 5.92 Å². The molecule has 0 unspecified atom stereocenters. The Morgan fingerprint density at radius 3 is 3.19 bits per heavy atom. The third kappa shape index (κ3) is 4.43. The summed E-state index contributed by atoms with van der Waals surface area (Å²) in [6, 6.07) is 3.94. The number of pyridine rings is 1. The van der Waals surface area contributed by atoms with Crippen LogP contribution in [0.3, 0.4) is 0 Å². The molecule has 144 valence electrons. The van der Waals surface area contributed by atoms with Crippen LogP contribution in [0.25, 0.3) is 11.4 Å². The Morgan fingerprint density at radius 2 is 2.33 bits per heavy atom. The van der Waals surface area contributed by atoms with Gasteiger partial charge in [0, 0.05) is 56.8 Å². The van der Waals surface area contributed by atoms with Gasteiger partial charge in [-0.1, -0.05) is 0 Å². The Bertz CT molecular complexity index is 754. The van der Waals surface area contributed by atoms with Crippen molar-refractivity contribution < 1.29 is 4.74 Å². The quantitative estimate of drug-likeness (QED) is 0.768. The van der Waals surface area contributed by atoms with E-state index in [1.807, 2.05) is 18.3 Å². The summed E-state index contributed by atoms with van der Waals surface area (Å²) in [4.78, 5) is 16.4. The summed E-state index contributed by atoms with van der Waals surface area (Å²) in [6.45, 7) is 6.84. The van der Waals surface area contributed by atoms with Crippen molar-refractivity contribution in [2.45, 2.75) is 19.4 Å². The Kier molecular flexibility index (Phi) is 5.91. The first kappa shape index (κ1) is 18.3. The molecule has 1 saturated heterocycles. The minimum atomic E-state index is 0.649. The van der Waals surface area contributed by atoms with Crippen LogP contribution in [0.2, 0.25) is 0 Å². The predicted octanol–water partition coefficient (Wildman–Crippen LogP) is 1.56. The fourth-order valence-electron chi connectivity index (χ4n) is 3.87. The Hall–Kier alpha value is -2.09. The minimum Gasteiger partial charge on any atom is -0.383 e. The summed E-state index contributed by atoms with van der Waals surface area (Å²) in [6.07, 6.45) is 5.79. The van der Waals surface area contributed by atoms with Crippen molar-refractivity contribution in [3.05, 3.63) is 35.8 Å². The first-order valence-electron chi connectivity index (χ1n) is 9.79. The molecule has 0 saturated carbocycles. The number of rotatable bonds is 7. The molecule has 4 heterocycles. The van der Waals surface area contributed by atoms with E-state index in [-0.39, 0.29) is 0 Å². The van der Waals surface area contributed by atoms with Crippen LogP contribution < -0.4 is 10.6 Å². The van der Waals surface area contributed by atoms with E-state index in [1.165, 1.54) is 12.0 Å². The third-order valence-electron chi connectivity index (χ3n) is 5.40. The first-order chi connectivity index (χ1) is 13.3. The molecule has 1 atom stereocenters. The van der Waals surface area contributed by atoms with Gasteiger partial charge in [-0.2, -0.15) is 0 Å². The van der Waals surface area contributed by atoms with Crippen molar-refractivity contribution in [2.75, 3.05) is 51.8 Å². The lowest BCUT2D eigenvalue weighted by Crippen LogP contribution is -2.28. The van der Waals surface area contributed by atoms with Crippen LogP contribution in [0.5, 0.6) is 0 Å². The van der Waals surface area contributed by atoms with E-state index in [0.29, 0.717) is 5.92 Å². The van der Waals surface area contributed by atoms with Gasteiger partial charge in [0.15, 0.2) is 5.82 Å². The normalized spacial score (nSPS) is 19.8. The van der Waals surface area contributed by atoms with Crippen LogP contribution in [0.4, 0.5) is 5.82 Å². The lowest BCUT2D eigenvalue weighted by molar-refractivity contribution is 0.159. The molecule has 2 N–H and O–H groups in total. The van der Waals surface area contributed by atoms with Gasteiger partial charge < -0.3 is 20.3 Å². The smallest absolute Gasteiger partial charge is 0.163 e. The molecule has 0 spiro atoms. The van der Waals surface area contributed by atoms with Gasteiger partial charge in [0.05, 0.1) is 12.3 Å². The first-order valence-corrected chi connectivity index (χ1v) is 9.79. The van der Waals surface area contributed by atoms with Gasteiger partial charge in [0.2, 0.25) is 0 Å². The molecule has 2 aromatic rings. The zero-order valence-electron chi connectivity index (χ0n) is 15.9. The summed E-state index contributed by atoms with van der Waals surface area (Å²) in [7, 11) is 1.77. The molecule has 4 rings (SSSR count). The van der Waals surface area contributed by atoms with Gasteiger partial charge >= 0.3 is 0 Å². The maximum Gasteiger partial charge on any atom is 0.163 e. The van der Waals surface area contributed by atoms with Gasteiger partial charge in [-0.15, -0.1) is 0 Å². The lowest BCUT2D eigenvalue weighted by atomic mass is 10.1. The van der Waals surface area contributed by atoms with Crippen LogP contribution in [0, 0.1) is 5.92 Å².